The van der Waals surface area contributed by atoms with Gasteiger partial charge in [-0.1, -0.05) is 24.3 Å². The van der Waals surface area contributed by atoms with Gasteiger partial charge in [0.2, 0.25) is 15.9 Å². The lowest BCUT2D eigenvalue weighted by Crippen LogP contribution is -2.41. The molecule has 0 saturated carbocycles. The van der Waals surface area contributed by atoms with Crippen molar-refractivity contribution in [1.29, 1.82) is 0 Å². The van der Waals surface area contributed by atoms with Crippen LogP contribution in [0.1, 0.15) is 11.1 Å². The van der Waals surface area contributed by atoms with Gasteiger partial charge in [-0.05, 0) is 25.0 Å². The fourth-order valence-corrected chi connectivity index (χ4v) is 2.90. The van der Waals surface area contributed by atoms with Crippen LogP contribution in [0.3, 0.4) is 0 Å². The van der Waals surface area contributed by atoms with E-state index in [9.17, 15) is 13.2 Å². The third-order valence-electron chi connectivity index (χ3n) is 2.82. The molecule has 0 saturated heterocycles. The van der Waals surface area contributed by atoms with Crippen LogP contribution < -0.4 is 9.62 Å². The summed E-state index contributed by atoms with van der Waals surface area (Å²) >= 11 is 0. The van der Waals surface area contributed by atoms with Crippen molar-refractivity contribution >= 4 is 21.6 Å². The smallest absolute Gasteiger partial charge is 0.241 e. The van der Waals surface area contributed by atoms with Gasteiger partial charge in [-0.2, -0.15) is 0 Å². The standard InChI is InChI=1S/C14H20N2O3S/c1-5-9-15-13(17)10-16(20(4,18)19)14-11(2)7-6-8-12(14)3/h5-8H,1,9-10H2,2-4H3,(H,15,17). The first-order chi connectivity index (χ1) is 9.27. The second-order valence-electron chi connectivity index (χ2n) is 4.60. The van der Waals surface area contributed by atoms with Gasteiger partial charge in [0.05, 0.1) is 11.9 Å². The minimum atomic E-state index is -3.54. The number of carbonyl (C=O) groups is 1. The molecule has 0 aromatic heterocycles. The number of nitrogens with zero attached hydrogens (tertiary/aromatic N) is 1. The number of nitrogens with one attached hydrogen (secondary N) is 1. The minimum Gasteiger partial charge on any atom is -0.351 e. The van der Waals surface area contributed by atoms with Crippen LogP contribution in [-0.2, 0) is 14.8 Å². The van der Waals surface area contributed by atoms with E-state index in [1.807, 2.05) is 32.0 Å². The van der Waals surface area contributed by atoms with Crippen molar-refractivity contribution in [3.63, 3.8) is 0 Å². The van der Waals surface area contributed by atoms with Crippen LogP contribution in [0, 0.1) is 13.8 Å². The molecule has 0 heterocycles. The Morgan fingerprint density at radius 2 is 1.90 bits per heavy atom. The van der Waals surface area contributed by atoms with Crippen LogP contribution in [0.2, 0.25) is 0 Å². The number of para-hydroxylation sites is 1. The topological polar surface area (TPSA) is 66.5 Å². The van der Waals surface area contributed by atoms with E-state index >= 15 is 0 Å². The van der Waals surface area contributed by atoms with E-state index in [0.717, 1.165) is 21.7 Å². The zero-order valence-electron chi connectivity index (χ0n) is 12.0. The highest BCUT2D eigenvalue weighted by molar-refractivity contribution is 7.92. The van der Waals surface area contributed by atoms with E-state index in [1.54, 1.807) is 6.08 Å². The van der Waals surface area contributed by atoms with Gasteiger partial charge in [-0.15, -0.1) is 6.58 Å². The lowest BCUT2D eigenvalue weighted by Gasteiger charge is -2.25. The highest BCUT2D eigenvalue weighted by atomic mass is 32.2. The maximum atomic E-state index is 12.0. The average Bonchev–Trinajstić information content (AvgIpc) is 2.33. The summed E-state index contributed by atoms with van der Waals surface area (Å²) in [6.45, 7) is 7.21. The lowest BCUT2D eigenvalue weighted by molar-refractivity contribution is -0.119. The van der Waals surface area contributed by atoms with Crippen LogP contribution in [0.5, 0.6) is 0 Å². The molecular weight excluding hydrogens is 276 g/mol. The molecule has 0 aliphatic rings. The maximum absolute atomic E-state index is 12.0. The van der Waals surface area contributed by atoms with Crippen molar-refractivity contribution in [1.82, 2.24) is 5.32 Å². The molecule has 0 fully saturated rings. The lowest BCUT2D eigenvalue weighted by atomic mass is 10.1. The van der Waals surface area contributed by atoms with Gasteiger partial charge in [0.25, 0.3) is 0 Å². The number of aryl methyl sites for hydroxylation is 2. The summed E-state index contributed by atoms with van der Waals surface area (Å²) < 4.78 is 25.1. The highest BCUT2D eigenvalue weighted by Crippen LogP contribution is 2.26. The molecule has 110 valence electrons. The molecule has 0 bridgehead atoms. The number of rotatable bonds is 6. The molecule has 1 N–H and O–H groups in total. The second kappa shape index (κ2) is 6.56. The predicted molar refractivity (Wildman–Crippen MR) is 81.3 cm³/mol. The zero-order valence-corrected chi connectivity index (χ0v) is 12.8. The summed E-state index contributed by atoms with van der Waals surface area (Å²) in [4.78, 5) is 11.8. The van der Waals surface area contributed by atoms with Gasteiger partial charge in [0, 0.05) is 6.54 Å². The largest absolute Gasteiger partial charge is 0.351 e. The van der Waals surface area contributed by atoms with Gasteiger partial charge < -0.3 is 5.32 Å². The Morgan fingerprint density at radius 1 is 1.35 bits per heavy atom. The average molecular weight is 296 g/mol. The minimum absolute atomic E-state index is 0.238. The molecule has 0 aliphatic carbocycles. The van der Waals surface area contributed by atoms with Crippen LogP contribution in [0.15, 0.2) is 30.9 Å². The summed E-state index contributed by atoms with van der Waals surface area (Å²) in [5.41, 5.74) is 2.18. The molecule has 0 unspecified atom stereocenters. The van der Waals surface area contributed by atoms with Crippen molar-refractivity contribution in [2.45, 2.75) is 13.8 Å². The molecule has 6 heteroatoms. The number of hydrogen-bond donors (Lipinski definition) is 1. The van der Waals surface area contributed by atoms with Gasteiger partial charge >= 0.3 is 0 Å². The quantitative estimate of drug-likeness (QED) is 0.806. The van der Waals surface area contributed by atoms with Gasteiger partial charge in [-0.25, -0.2) is 8.42 Å². The molecule has 0 radical (unpaired) electrons. The van der Waals surface area contributed by atoms with E-state index in [4.69, 9.17) is 0 Å². The molecule has 0 spiro atoms. The molecule has 0 aliphatic heterocycles. The Hall–Kier alpha value is -1.82. The number of amides is 1. The fourth-order valence-electron chi connectivity index (χ4n) is 1.93. The molecule has 1 aromatic carbocycles. The summed E-state index contributed by atoms with van der Waals surface area (Å²) in [6, 6.07) is 5.50. The van der Waals surface area contributed by atoms with Crippen LogP contribution in [-0.4, -0.2) is 33.7 Å². The Morgan fingerprint density at radius 3 is 2.35 bits per heavy atom. The predicted octanol–water partition coefficient (Wildman–Crippen LogP) is 1.37. The fraction of sp³-hybridized carbons (Fsp3) is 0.357. The van der Waals surface area contributed by atoms with E-state index in [-0.39, 0.29) is 12.5 Å². The normalized spacial score (nSPS) is 10.9. The number of anilines is 1. The maximum Gasteiger partial charge on any atom is 0.241 e. The second-order valence-corrected chi connectivity index (χ2v) is 6.51. The third-order valence-corrected chi connectivity index (χ3v) is 3.93. The third kappa shape index (κ3) is 4.09. The molecule has 1 aromatic rings. The summed E-state index contributed by atoms with van der Waals surface area (Å²) in [6.07, 6.45) is 2.64. The van der Waals surface area contributed by atoms with Crippen molar-refractivity contribution in [2.24, 2.45) is 0 Å². The van der Waals surface area contributed by atoms with Crippen molar-refractivity contribution in [3.05, 3.63) is 42.0 Å². The van der Waals surface area contributed by atoms with Crippen molar-refractivity contribution < 1.29 is 13.2 Å². The summed E-state index contributed by atoms with van der Waals surface area (Å²) in [7, 11) is -3.54. The Bertz CT molecular complexity index is 589. The molecule has 5 nitrogen and oxygen atoms in total. The first-order valence-corrected chi connectivity index (χ1v) is 8.03. The summed E-state index contributed by atoms with van der Waals surface area (Å²) in [5.74, 6) is -0.363. The molecule has 1 rings (SSSR count). The van der Waals surface area contributed by atoms with Gasteiger partial charge in [0.1, 0.15) is 6.54 Å². The zero-order chi connectivity index (χ0) is 15.3. The number of hydrogen-bond acceptors (Lipinski definition) is 3. The first-order valence-electron chi connectivity index (χ1n) is 6.19. The monoisotopic (exact) mass is 296 g/mol. The van der Waals surface area contributed by atoms with E-state index < -0.39 is 10.0 Å². The Labute approximate surface area is 120 Å². The van der Waals surface area contributed by atoms with Gasteiger partial charge in [-0.3, -0.25) is 9.10 Å². The molecule has 1 amide bonds. The van der Waals surface area contributed by atoms with Crippen LogP contribution in [0.25, 0.3) is 0 Å². The Balaban J connectivity index is 3.15. The van der Waals surface area contributed by atoms with E-state index in [1.165, 1.54) is 0 Å². The van der Waals surface area contributed by atoms with Crippen molar-refractivity contribution in [2.75, 3.05) is 23.7 Å². The van der Waals surface area contributed by atoms with Crippen LogP contribution >= 0.6 is 0 Å². The van der Waals surface area contributed by atoms with Crippen molar-refractivity contribution in [3.8, 4) is 0 Å². The summed E-state index contributed by atoms with van der Waals surface area (Å²) in [5, 5.41) is 2.58. The number of sulfonamides is 1. The van der Waals surface area contributed by atoms with E-state index in [2.05, 4.69) is 11.9 Å². The highest BCUT2D eigenvalue weighted by Gasteiger charge is 2.23. The Kier molecular flexibility index (Phi) is 5.33. The first kappa shape index (κ1) is 16.2. The van der Waals surface area contributed by atoms with E-state index in [0.29, 0.717) is 12.2 Å². The number of carbonyl (C=O) groups excluding carboxylic acids is 1. The molecule has 20 heavy (non-hydrogen) atoms. The van der Waals surface area contributed by atoms with Gasteiger partial charge in [0.15, 0.2) is 0 Å². The SMILES string of the molecule is C=CCNC(=O)CN(c1c(C)cccc1C)S(C)(=O)=O. The molecular formula is C14H20N2O3S. The van der Waals surface area contributed by atoms with Crippen LogP contribution in [0.4, 0.5) is 5.69 Å². The number of benzene rings is 1. The molecule has 0 atom stereocenters.